The van der Waals surface area contributed by atoms with Crippen molar-refractivity contribution in [2.24, 2.45) is 5.41 Å². The fraction of sp³-hybridized carbons (Fsp3) is 0.625. The first kappa shape index (κ1) is 15.0. The van der Waals surface area contributed by atoms with Gasteiger partial charge in [0.1, 0.15) is 5.75 Å². The highest BCUT2D eigenvalue weighted by Crippen LogP contribution is 2.23. The Labute approximate surface area is 112 Å². The average molecular weight is 249 g/mol. The lowest BCUT2D eigenvalue weighted by Crippen LogP contribution is -2.32. The third-order valence-corrected chi connectivity index (χ3v) is 3.35. The van der Waals surface area contributed by atoms with Crippen LogP contribution in [0.1, 0.15) is 45.6 Å². The highest BCUT2D eigenvalue weighted by molar-refractivity contribution is 5.29. The van der Waals surface area contributed by atoms with Crippen molar-refractivity contribution < 1.29 is 4.74 Å². The Morgan fingerprint density at radius 1 is 1.22 bits per heavy atom. The molecule has 0 aliphatic heterocycles. The first-order valence-corrected chi connectivity index (χ1v) is 6.86. The number of rotatable bonds is 7. The van der Waals surface area contributed by atoms with E-state index in [1.54, 1.807) is 0 Å². The summed E-state index contributed by atoms with van der Waals surface area (Å²) in [6.45, 7) is 10.6. The summed E-state index contributed by atoms with van der Waals surface area (Å²) >= 11 is 0. The summed E-state index contributed by atoms with van der Waals surface area (Å²) in [7, 11) is 1.97. The summed E-state index contributed by atoms with van der Waals surface area (Å²) < 4.78 is 5.85. The van der Waals surface area contributed by atoms with Gasteiger partial charge in [-0.1, -0.05) is 39.8 Å². The molecular formula is C16H27NO. The summed E-state index contributed by atoms with van der Waals surface area (Å²) in [5, 5.41) is 3.20. The predicted molar refractivity (Wildman–Crippen MR) is 78.4 cm³/mol. The van der Waals surface area contributed by atoms with E-state index >= 15 is 0 Å². The van der Waals surface area contributed by atoms with Crippen LogP contribution in [-0.2, 0) is 0 Å². The van der Waals surface area contributed by atoms with Crippen LogP contribution in [0.4, 0.5) is 0 Å². The average Bonchev–Trinajstić information content (AvgIpc) is 2.36. The number of nitrogens with one attached hydrogen (secondary N) is 1. The van der Waals surface area contributed by atoms with Gasteiger partial charge < -0.3 is 10.1 Å². The van der Waals surface area contributed by atoms with Gasteiger partial charge in [-0.25, -0.2) is 0 Å². The minimum absolute atomic E-state index is 0.157. The summed E-state index contributed by atoms with van der Waals surface area (Å²) in [4.78, 5) is 0. The molecule has 0 aliphatic carbocycles. The summed E-state index contributed by atoms with van der Waals surface area (Å²) in [6.07, 6.45) is 1.18. The SMILES string of the molecule is CCC(C)c1ccc(OCC(C)(C)CNC)cc1. The fourth-order valence-electron chi connectivity index (χ4n) is 1.94. The van der Waals surface area contributed by atoms with E-state index in [0.717, 1.165) is 18.9 Å². The molecule has 0 saturated heterocycles. The van der Waals surface area contributed by atoms with Gasteiger partial charge in [-0.2, -0.15) is 0 Å². The third kappa shape index (κ3) is 4.69. The number of hydrogen-bond acceptors (Lipinski definition) is 2. The van der Waals surface area contributed by atoms with Gasteiger partial charge in [0.05, 0.1) is 6.61 Å². The van der Waals surface area contributed by atoms with Crippen LogP contribution in [0.15, 0.2) is 24.3 Å². The van der Waals surface area contributed by atoms with Crippen molar-refractivity contribution in [1.29, 1.82) is 0 Å². The lowest BCUT2D eigenvalue weighted by Gasteiger charge is -2.24. The summed E-state index contributed by atoms with van der Waals surface area (Å²) in [6, 6.07) is 8.51. The maximum atomic E-state index is 5.85. The molecule has 0 bridgehead atoms. The molecule has 18 heavy (non-hydrogen) atoms. The van der Waals surface area contributed by atoms with Crippen LogP contribution in [0.25, 0.3) is 0 Å². The molecule has 0 amide bonds. The van der Waals surface area contributed by atoms with Gasteiger partial charge in [-0.05, 0) is 37.1 Å². The summed E-state index contributed by atoms with van der Waals surface area (Å²) in [5.41, 5.74) is 1.55. The van der Waals surface area contributed by atoms with Crippen LogP contribution >= 0.6 is 0 Å². The zero-order valence-corrected chi connectivity index (χ0v) is 12.4. The van der Waals surface area contributed by atoms with Gasteiger partial charge in [0.2, 0.25) is 0 Å². The van der Waals surface area contributed by atoms with E-state index in [9.17, 15) is 0 Å². The first-order valence-electron chi connectivity index (χ1n) is 6.86. The molecule has 0 aliphatic rings. The van der Waals surface area contributed by atoms with Crippen LogP contribution in [-0.4, -0.2) is 20.2 Å². The molecule has 1 rings (SSSR count). The topological polar surface area (TPSA) is 21.3 Å². The van der Waals surface area contributed by atoms with Crippen molar-refractivity contribution in [2.75, 3.05) is 20.2 Å². The van der Waals surface area contributed by atoms with Gasteiger partial charge in [0, 0.05) is 12.0 Å². The van der Waals surface area contributed by atoms with E-state index in [4.69, 9.17) is 4.74 Å². The maximum absolute atomic E-state index is 5.85. The second-order valence-corrected chi connectivity index (χ2v) is 5.86. The molecule has 1 aromatic rings. The molecule has 1 atom stereocenters. The lowest BCUT2D eigenvalue weighted by atomic mass is 9.95. The zero-order valence-electron chi connectivity index (χ0n) is 12.4. The van der Waals surface area contributed by atoms with E-state index in [1.807, 2.05) is 7.05 Å². The number of hydrogen-bond donors (Lipinski definition) is 1. The smallest absolute Gasteiger partial charge is 0.119 e. The van der Waals surface area contributed by atoms with Gasteiger partial charge in [0.25, 0.3) is 0 Å². The van der Waals surface area contributed by atoms with E-state index in [1.165, 1.54) is 12.0 Å². The molecule has 0 radical (unpaired) electrons. The zero-order chi connectivity index (χ0) is 13.6. The second kappa shape index (κ2) is 6.79. The first-order chi connectivity index (χ1) is 8.48. The largest absolute Gasteiger partial charge is 0.493 e. The van der Waals surface area contributed by atoms with Crippen LogP contribution < -0.4 is 10.1 Å². The lowest BCUT2D eigenvalue weighted by molar-refractivity contribution is 0.179. The minimum atomic E-state index is 0.157. The van der Waals surface area contributed by atoms with Crippen molar-refractivity contribution in [3.05, 3.63) is 29.8 Å². The van der Waals surface area contributed by atoms with Gasteiger partial charge in [-0.15, -0.1) is 0 Å². The Balaban J connectivity index is 2.54. The molecule has 1 N–H and O–H groups in total. The molecule has 102 valence electrons. The quantitative estimate of drug-likeness (QED) is 0.793. The Morgan fingerprint density at radius 2 is 1.83 bits per heavy atom. The molecule has 0 saturated carbocycles. The van der Waals surface area contributed by atoms with Gasteiger partial charge in [-0.3, -0.25) is 0 Å². The maximum Gasteiger partial charge on any atom is 0.119 e. The molecule has 0 fully saturated rings. The Bertz CT molecular complexity index is 343. The molecular weight excluding hydrogens is 222 g/mol. The Morgan fingerprint density at radius 3 is 2.33 bits per heavy atom. The fourth-order valence-corrected chi connectivity index (χ4v) is 1.94. The highest BCUT2D eigenvalue weighted by Gasteiger charge is 2.17. The van der Waals surface area contributed by atoms with E-state index in [2.05, 4.69) is 57.3 Å². The van der Waals surface area contributed by atoms with Crippen LogP contribution in [0.5, 0.6) is 5.75 Å². The number of benzene rings is 1. The van der Waals surface area contributed by atoms with Gasteiger partial charge in [0.15, 0.2) is 0 Å². The molecule has 1 aromatic carbocycles. The van der Waals surface area contributed by atoms with Crippen molar-refractivity contribution in [2.45, 2.75) is 40.0 Å². The van der Waals surface area contributed by atoms with E-state index < -0.39 is 0 Å². The third-order valence-electron chi connectivity index (χ3n) is 3.35. The van der Waals surface area contributed by atoms with Crippen molar-refractivity contribution in [3.8, 4) is 5.75 Å². The van der Waals surface area contributed by atoms with Gasteiger partial charge >= 0.3 is 0 Å². The van der Waals surface area contributed by atoms with Crippen molar-refractivity contribution in [3.63, 3.8) is 0 Å². The van der Waals surface area contributed by atoms with E-state index in [0.29, 0.717) is 5.92 Å². The van der Waals surface area contributed by atoms with Crippen LogP contribution in [0, 0.1) is 5.41 Å². The monoisotopic (exact) mass is 249 g/mol. The second-order valence-electron chi connectivity index (χ2n) is 5.86. The summed E-state index contributed by atoms with van der Waals surface area (Å²) in [5.74, 6) is 1.59. The normalized spacial score (nSPS) is 13.4. The molecule has 2 heteroatoms. The van der Waals surface area contributed by atoms with Crippen molar-refractivity contribution in [1.82, 2.24) is 5.32 Å². The van der Waals surface area contributed by atoms with E-state index in [-0.39, 0.29) is 5.41 Å². The highest BCUT2D eigenvalue weighted by atomic mass is 16.5. The van der Waals surface area contributed by atoms with Crippen LogP contribution in [0.2, 0.25) is 0 Å². The standard InChI is InChI=1S/C16H27NO/c1-6-13(2)14-7-9-15(10-8-14)18-12-16(3,4)11-17-5/h7-10,13,17H,6,11-12H2,1-5H3. The number of ether oxygens (including phenoxy) is 1. The van der Waals surface area contributed by atoms with Crippen LogP contribution in [0.3, 0.4) is 0 Å². The molecule has 0 heterocycles. The predicted octanol–water partition coefficient (Wildman–Crippen LogP) is 3.82. The molecule has 0 spiro atoms. The Hall–Kier alpha value is -1.02. The Kier molecular flexibility index (Phi) is 5.67. The molecule has 0 aromatic heterocycles. The molecule has 1 unspecified atom stereocenters. The molecule has 2 nitrogen and oxygen atoms in total. The minimum Gasteiger partial charge on any atom is -0.493 e. The van der Waals surface area contributed by atoms with Crippen molar-refractivity contribution >= 4 is 0 Å².